The minimum atomic E-state index is -1.35. The summed E-state index contributed by atoms with van der Waals surface area (Å²) in [5.41, 5.74) is 13.8. The molecule has 0 amide bonds. The Kier molecular flexibility index (Phi) is 4.03. The fourth-order valence-corrected chi connectivity index (χ4v) is 1.52. The maximum absolute atomic E-state index is 8.92. The van der Waals surface area contributed by atoms with Gasteiger partial charge in [-0.3, -0.25) is 0 Å². The third-order valence-corrected chi connectivity index (χ3v) is 2.20. The Morgan fingerprint density at radius 1 is 1.07 bits per heavy atom. The molecule has 14 heavy (non-hydrogen) atoms. The molecule has 0 spiro atoms. The van der Waals surface area contributed by atoms with E-state index in [0.29, 0.717) is 13.1 Å². The zero-order chi connectivity index (χ0) is 10.6. The van der Waals surface area contributed by atoms with Crippen LogP contribution in [0.25, 0.3) is 0 Å². The van der Waals surface area contributed by atoms with Gasteiger partial charge in [0.15, 0.2) is 6.29 Å². The van der Waals surface area contributed by atoms with Crippen LogP contribution in [0.1, 0.15) is 16.7 Å². The quantitative estimate of drug-likeness (QED) is 0.486. The molecule has 0 aliphatic rings. The molecule has 1 aromatic carbocycles. The molecule has 0 aliphatic heterocycles. The summed E-state index contributed by atoms with van der Waals surface area (Å²) in [6, 6.07) is 5.62. The Labute approximate surface area is 83.2 Å². The molecule has 4 heteroatoms. The molecule has 0 saturated heterocycles. The van der Waals surface area contributed by atoms with Gasteiger partial charge in [0.1, 0.15) is 0 Å². The van der Waals surface area contributed by atoms with E-state index in [9.17, 15) is 0 Å². The van der Waals surface area contributed by atoms with Crippen molar-refractivity contribution in [2.75, 3.05) is 0 Å². The second-order valence-electron chi connectivity index (χ2n) is 3.15. The zero-order valence-electron chi connectivity index (χ0n) is 7.98. The highest BCUT2D eigenvalue weighted by atomic mass is 16.5. The van der Waals surface area contributed by atoms with E-state index in [-0.39, 0.29) is 6.42 Å². The molecule has 0 heterocycles. The van der Waals surface area contributed by atoms with Gasteiger partial charge >= 0.3 is 0 Å². The maximum atomic E-state index is 8.92. The maximum Gasteiger partial charge on any atom is 0.155 e. The van der Waals surface area contributed by atoms with Crippen LogP contribution in [0, 0.1) is 0 Å². The van der Waals surface area contributed by atoms with E-state index >= 15 is 0 Å². The Morgan fingerprint density at radius 3 is 1.93 bits per heavy atom. The lowest BCUT2D eigenvalue weighted by molar-refractivity contribution is -0.0384. The molecule has 0 aromatic heterocycles. The molecule has 0 aliphatic carbocycles. The van der Waals surface area contributed by atoms with Gasteiger partial charge in [-0.2, -0.15) is 0 Å². The van der Waals surface area contributed by atoms with Crippen molar-refractivity contribution in [1.29, 1.82) is 0 Å². The summed E-state index contributed by atoms with van der Waals surface area (Å²) in [7, 11) is 0. The highest BCUT2D eigenvalue weighted by molar-refractivity contribution is 5.35. The SMILES string of the molecule is NCc1cccc(CN)c1CC(O)O. The second-order valence-corrected chi connectivity index (χ2v) is 3.15. The van der Waals surface area contributed by atoms with E-state index in [1.807, 2.05) is 18.2 Å². The van der Waals surface area contributed by atoms with Gasteiger partial charge in [0.25, 0.3) is 0 Å². The molecule has 0 radical (unpaired) electrons. The number of hydrogen-bond acceptors (Lipinski definition) is 4. The first-order valence-electron chi connectivity index (χ1n) is 4.55. The van der Waals surface area contributed by atoms with Crippen molar-refractivity contribution >= 4 is 0 Å². The molecule has 0 unspecified atom stereocenters. The van der Waals surface area contributed by atoms with Crippen LogP contribution in [0.15, 0.2) is 18.2 Å². The van der Waals surface area contributed by atoms with Crippen LogP contribution in [0.5, 0.6) is 0 Å². The summed E-state index contributed by atoms with van der Waals surface area (Å²) in [5.74, 6) is 0. The van der Waals surface area contributed by atoms with E-state index in [1.165, 1.54) is 0 Å². The summed E-state index contributed by atoms with van der Waals surface area (Å²) in [5, 5.41) is 17.8. The summed E-state index contributed by atoms with van der Waals surface area (Å²) in [6.45, 7) is 0.770. The molecular weight excluding hydrogens is 180 g/mol. The van der Waals surface area contributed by atoms with E-state index in [4.69, 9.17) is 21.7 Å². The van der Waals surface area contributed by atoms with Gasteiger partial charge in [-0.25, -0.2) is 0 Å². The van der Waals surface area contributed by atoms with Crippen molar-refractivity contribution in [3.8, 4) is 0 Å². The van der Waals surface area contributed by atoms with Crippen molar-refractivity contribution in [2.24, 2.45) is 11.5 Å². The predicted octanol–water partition coefficient (Wildman–Crippen LogP) is -0.543. The second kappa shape index (κ2) is 5.07. The minimum absolute atomic E-state index is 0.180. The molecule has 1 rings (SSSR count). The van der Waals surface area contributed by atoms with Gasteiger partial charge < -0.3 is 21.7 Å². The Bertz CT molecular complexity index is 278. The van der Waals surface area contributed by atoms with Crippen molar-refractivity contribution in [1.82, 2.24) is 0 Å². The lowest BCUT2D eigenvalue weighted by Crippen LogP contribution is -2.15. The summed E-state index contributed by atoms with van der Waals surface area (Å²) in [6.07, 6.45) is -1.17. The molecule has 6 N–H and O–H groups in total. The van der Waals surface area contributed by atoms with Gasteiger partial charge in [0, 0.05) is 19.5 Å². The normalized spacial score (nSPS) is 10.9. The van der Waals surface area contributed by atoms with Gasteiger partial charge in [-0.15, -0.1) is 0 Å². The number of aliphatic hydroxyl groups is 2. The lowest BCUT2D eigenvalue weighted by atomic mass is 9.98. The standard InChI is InChI=1S/C10H16N2O2/c11-5-7-2-1-3-8(6-12)9(7)4-10(13)14/h1-3,10,13-14H,4-6,11-12H2. The van der Waals surface area contributed by atoms with Crippen molar-refractivity contribution in [3.05, 3.63) is 34.9 Å². The van der Waals surface area contributed by atoms with Gasteiger partial charge in [0.2, 0.25) is 0 Å². The highest BCUT2D eigenvalue weighted by Crippen LogP contribution is 2.16. The molecule has 0 saturated carbocycles. The van der Waals surface area contributed by atoms with E-state index < -0.39 is 6.29 Å². The predicted molar refractivity (Wildman–Crippen MR) is 54.2 cm³/mol. The molecule has 0 fully saturated rings. The average molecular weight is 196 g/mol. The van der Waals surface area contributed by atoms with Gasteiger partial charge in [-0.1, -0.05) is 18.2 Å². The smallest absolute Gasteiger partial charge is 0.155 e. The average Bonchev–Trinajstić information content (AvgIpc) is 2.17. The van der Waals surface area contributed by atoms with Gasteiger partial charge in [-0.05, 0) is 16.7 Å². The van der Waals surface area contributed by atoms with Crippen molar-refractivity contribution in [2.45, 2.75) is 25.8 Å². The highest BCUT2D eigenvalue weighted by Gasteiger charge is 2.09. The number of aliphatic hydroxyl groups excluding tert-OH is 1. The largest absolute Gasteiger partial charge is 0.368 e. The first kappa shape index (κ1) is 11.1. The summed E-state index contributed by atoms with van der Waals surface area (Å²) in [4.78, 5) is 0. The molecule has 4 nitrogen and oxygen atoms in total. The fourth-order valence-electron chi connectivity index (χ4n) is 1.52. The van der Waals surface area contributed by atoms with Crippen molar-refractivity contribution < 1.29 is 10.2 Å². The van der Waals surface area contributed by atoms with Gasteiger partial charge in [0.05, 0.1) is 0 Å². The van der Waals surface area contributed by atoms with Crippen LogP contribution in [-0.4, -0.2) is 16.5 Å². The third kappa shape index (κ3) is 2.52. The van der Waals surface area contributed by atoms with E-state index in [0.717, 1.165) is 16.7 Å². The van der Waals surface area contributed by atoms with Crippen LogP contribution in [0.3, 0.4) is 0 Å². The Morgan fingerprint density at radius 2 is 1.57 bits per heavy atom. The third-order valence-electron chi connectivity index (χ3n) is 2.20. The minimum Gasteiger partial charge on any atom is -0.368 e. The Balaban J connectivity index is 3.05. The first-order valence-corrected chi connectivity index (χ1v) is 4.55. The van der Waals surface area contributed by atoms with E-state index in [1.54, 1.807) is 0 Å². The van der Waals surface area contributed by atoms with Crippen LogP contribution < -0.4 is 11.5 Å². The fraction of sp³-hybridized carbons (Fsp3) is 0.400. The number of rotatable bonds is 4. The zero-order valence-corrected chi connectivity index (χ0v) is 7.98. The Hall–Kier alpha value is -0.940. The van der Waals surface area contributed by atoms with Crippen LogP contribution in [0.2, 0.25) is 0 Å². The van der Waals surface area contributed by atoms with Crippen LogP contribution in [0.4, 0.5) is 0 Å². The topological polar surface area (TPSA) is 92.5 Å². The van der Waals surface area contributed by atoms with E-state index in [2.05, 4.69) is 0 Å². The van der Waals surface area contributed by atoms with Crippen molar-refractivity contribution in [3.63, 3.8) is 0 Å². The molecule has 78 valence electrons. The number of benzene rings is 1. The van der Waals surface area contributed by atoms with Crippen LogP contribution in [-0.2, 0) is 19.5 Å². The summed E-state index contributed by atoms with van der Waals surface area (Å²) >= 11 is 0. The number of nitrogens with two attached hydrogens (primary N) is 2. The molecule has 1 aromatic rings. The lowest BCUT2D eigenvalue weighted by Gasteiger charge is -2.13. The molecule has 0 bridgehead atoms. The molecular formula is C10H16N2O2. The monoisotopic (exact) mass is 196 g/mol. The molecule has 0 atom stereocenters. The summed E-state index contributed by atoms with van der Waals surface area (Å²) < 4.78 is 0. The first-order chi connectivity index (χ1) is 6.69. The number of hydrogen-bond donors (Lipinski definition) is 4. The van der Waals surface area contributed by atoms with Crippen LogP contribution >= 0.6 is 0 Å².